The number of benzene rings is 2. The number of aliphatic hydroxyl groups excluding tert-OH is 1. The Morgan fingerprint density at radius 3 is 2.23 bits per heavy atom. The molecular formula is C30H32N2O7. The van der Waals surface area contributed by atoms with Crippen molar-refractivity contribution in [1.29, 1.82) is 0 Å². The molecule has 2 heterocycles. The Kier molecular flexibility index (Phi) is 8.09. The van der Waals surface area contributed by atoms with E-state index in [0.29, 0.717) is 34.1 Å². The number of methoxy groups -OCH3 is 3. The second-order valence-corrected chi connectivity index (χ2v) is 9.39. The largest absolute Gasteiger partial charge is 0.507 e. The molecule has 2 aromatic carbocycles. The summed E-state index contributed by atoms with van der Waals surface area (Å²) in [5, 5.41) is 11.5. The Bertz CT molecular complexity index is 1390. The summed E-state index contributed by atoms with van der Waals surface area (Å²) in [5.74, 6) is -0.0929. The van der Waals surface area contributed by atoms with Gasteiger partial charge in [-0.1, -0.05) is 6.07 Å². The highest BCUT2D eigenvalue weighted by atomic mass is 16.5. The summed E-state index contributed by atoms with van der Waals surface area (Å²) in [7, 11) is 4.46. The Morgan fingerprint density at radius 1 is 1.00 bits per heavy atom. The van der Waals surface area contributed by atoms with Crippen LogP contribution in [0.25, 0.3) is 5.76 Å². The predicted molar refractivity (Wildman–Crippen MR) is 145 cm³/mol. The van der Waals surface area contributed by atoms with Crippen LogP contribution in [-0.4, -0.2) is 54.1 Å². The number of hydrogen-bond acceptors (Lipinski definition) is 8. The summed E-state index contributed by atoms with van der Waals surface area (Å²) in [5.41, 5.74) is 2.35. The van der Waals surface area contributed by atoms with E-state index in [4.69, 9.17) is 18.9 Å². The van der Waals surface area contributed by atoms with E-state index >= 15 is 0 Å². The second kappa shape index (κ2) is 11.5. The van der Waals surface area contributed by atoms with Crippen molar-refractivity contribution in [3.63, 3.8) is 0 Å². The van der Waals surface area contributed by atoms with Crippen molar-refractivity contribution in [1.82, 2.24) is 9.88 Å². The van der Waals surface area contributed by atoms with Crippen LogP contribution in [0, 0.1) is 6.92 Å². The van der Waals surface area contributed by atoms with E-state index in [1.165, 1.54) is 26.2 Å². The zero-order valence-corrected chi connectivity index (χ0v) is 22.8. The summed E-state index contributed by atoms with van der Waals surface area (Å²) in [6.07, 6.45) is 3.23. The maximum atomic E-state index is 13.5. The molecule has 0 bridgehead atoms. The molecule has 1 aromatic heterocycles. The van der Waals surface area contributed by atoms with Crippen LogP contribution in [0.5, 0.6) is 23.0 Å². The quantitative estimate of drug-likeness (QED) is 0.237. The topological polar surface area (TPSA) is 107 Å². The van der Waals surface area contributed by atoms with Crippen molar-refractivity contribution in [2.75, 3.05) is 21.3 Å². The van der Waals surface area contributed by atoms with Gasteiger partial charge in [-0.25, -0.2) is 0 Å². The van der Waals surface area contributed by atoms with Gasteiger partial charge in [-0.05, 0) is 73.9 Å². The first-order chi connectivity index (χ1) is 18.7. The number of aliphatic hydroxyl groups is 1. The molecule has 0 unspecified atom stereocenters. The zero-order valence-electron chi connectivity index (χ0n) is 22.8. The number of hydrogen-bond donors (Lipinski definition) is 1. The summed E-state index contributed by atoms with van der Waals surface area (Å²) in [6, 6.07) is 11.1. The zero-order chi connectivity index (χ0) is 28.3. The van der Waals surface area contributed by atoms with Gasteiger partial charge in [0.2, 0.25) is 5.75 Å². The van der Waals surface area contributed by atoms with Crippen LogP contribution in [0.2, 0.25) is 0 Å². The third kappa shape index (κ3) is 5.38. The molecule has 9 heteroatoms. The first-order valence-electron chi connectivity index (χ1n) is 12.4. The first-order valence-corrected chi connectivity index (χ1v) is 12.4. The third-order valence-electron chi connectivity index (χ3n) is 6.43. The number of ether oxygens (including phenoxy) is 4. The molecule has 1 amide bonds. The summed E-state index contributed by atoms with van der Waals surface area (Å²) in [6.45, 7) is 5.80. The lowest BCUT2D eigenvalue weighted by atomic mass is 9.94. The fraction of sp³-hybridized carbons (Fsp3) is 0.300. The van der Waals surface area contributed by atoms with Gasteiger partial charge in [0.15, 0.2) is 11.5 Å². The minimum absolute atomic E-state index is 0.0269. The highest BCUT2D eigenvalue weighted by Gasteiger charge is 2.46. The minimum Gasteiger partial charge on any atom is -0.507 e. The average molecular weight is 533 g/mol. The number of likely N-dealkylation sites (tertiary alicyclic amines) is 1. The number of nitrogens with zero attached hydrogens (tertiary/aromatic N) is 2. The lowest BCUT2D eigenvalue weighted by Gasteiger charge is -2.26. The third-order valence-corrected chi connectivity index (χ3v) is 6.43. The number of ketones is 1. The molecule has 204 valence electrons. The van der Waals surface area contributed by atoms with Crippen molar-refractivity contribution < 1.29 is 33.6 Å². The van der Waals surface area contributed by atoms with Crippen LogP contribution in [-0.2, 0) is 16.1 Å². The highest BCUT2D eigenvalue weighted by molar-refractivity contribution is 6.46. The maximum absolute atomic E-state index is 13.5. The molecule has 4 rings (SSSR count). The Hall–Kier alpha value is -4.53. The van der Waals surface area contributed by atoms with Crippen LogP contribution in [0.1, 0.15) is 42.1 Å². The molecule has 1 N–H and O–H groups in total. The molecule has 39 heavy (non-hydrogen) atoms. The molecule has 1 aliphatic heterocycles. The smallest absolute Gasteiger partial charge is 0.295 e. The van der Waals surface area contributed by atoms with Gasteiger partial charge in [0, 0.05) is 24.5 Å². The molecule has 1 atom stereocenters. The normalized spacial score (nSPS) is 16.5. The number of Topliss-reactive ketones (excluding diaryl/α,β-unsaturated/α-hetero) is 1. The molecule has 1 fully saturated rings. The molecule has 9 nitrogen and oxygen atoms in total. The number of pyridine rings is 1. The van der Waals surface area contributed by atoms with Gasteiger partial charge in [-0.2, -0.15) is 0 Å². The van der Waals surface area contributed by atoms with Gasteiger partial charge in [-0.3, -0.25) is 14.6 Å². The Morgan fingerprint density at radius 2 is 1.69 bits per heavy atom. The molecular weight excluding hydrogens is 500 g/mol. The van der Waals surface area contributed by atoms with E-state index < -0.39 is 17.7 Å². The van der Waals surface area contributed by atoms with Gasteiger partial charge < -0.3 is 29.0 Å². The van der Waals surface area contributed by atoms with Crippen molar-refractivity contribution in [2.45, 2.75) is 39.5 Å². The van der Waals surface area contributed by atoms with Gasteiger partial charge in [0.25, 0.3) is 11.7 Å². The molecule has 0 aliphatic carbocycles. The van der Waals surface area contributed by atoms with Crippen LogP contribution >= 0.6 is 0 Å². The average Bonchev–Trinajstić information content (AvgIpc) is 3.18. The van der Waals surface area contributed by atoms with Crippen molar-refractivity contribution in [3.8, 4) is 23.0 Å². The second-order valence-electron chi connectivity index (χ2n) is 9.39. The van der Waals surface area contributed by atoms with Crippen molar-refractivity contribution in [3.05, 3.63) is 82.7 Å². The van der Waals surface area contributed by atoms with Gasteiger partial charge >= 0.3 is 0 Å². The fourth-order valence-electron chi connectivity index (χ4n) is 4.68. The highest BCUT2D eigenvalue weighted by Crippen LogP contribution is 2.46. The lowest BCUT2D eigenvalue weighted by molar-refractivity contribution is -0.140. The van der Waals surface area contributed by atoms with E-state index in [2.05, 4.69) is 4.98 Å². The van der Waals surface area contributed by atoms with Crippen LogP contribution in [0.4, 0.5) is 0 Å². The maximum Gasteiger partial charge on any atom is 0.295 e. The Balaban J connectivity index is 1.92. The number of rotatable bonds is 9. The van der Waals surface area contributed by atoms with E-state index in [1.54, 1.807) is 48.8 Å². The summed E-state index contributed by atoms with van der Waals surface area (Å²) < 4.78 is 22.3. The van der Waals surface area contributed by atoms with Crippen LogP contribution < -0.4 is 18.9 Å². The van der Waals surface area contributed by atoms with Gasteiger partial charge in [-0.15, -0.1) is 0 Å². The first kappa shape index (κ1) is 27.5. The van der Waals surface area contributed by atoms with E-state index in [9.17, 15) is 14.7 Å². The number of aromatic nitrogens is 1. The SMILES string of the molecule is COc1cc([C@H]2C(=C(O)c3ccc(OC(C)C)c(C)c3)C(=O)C(=O)N2Cc2cccnc2)cc(OC)c1OC. The fourth-order valence-corrected chi connectivity index (χ4v) is 4.68. The van der Waals surface area contributed by atoms with E-state index in [-0.39, 0.29) is 24.0 Å². The summed E-state index contributed by atoms with van der Waals surface area (Å²) in [4.78, 5) is 32.5. The molecule has 1 saturated heterocycles. The number of carbonyl (C=O) groups excluding carboxylic acids is 2. The molecule has 0 spiro atoms. The van der Waals surface area contributed by atoms with E-state index in [1.807, 2.05) is 26.8 Å². The Labute approximate surface area is 227 Å². The monoisotopic (exact) mass is 532 g/mol. The molecule has 0 saturated carbocycles. The number of carbonyl (C=O) groups is 2. The van der Waals surface area contributed by atoms with Crippen molar-refractivity contribution >= 4 is 17.4 Å². The van der Waals surface area contributed by atoms with Crippen molar-refractivity contribution in [2.24, 2.45) is 0 Å². The molecule has 0 radical (unpaired) electrons. The minimum atomic E-state index is -0.939. The van der Waals surface area contributed by atoms with Crippen LogP contribution in [0.15, 0.2) is 60.4 Å². The lowest BCUT2D eigenvalue weighted by Crippen LogP contribution is -2.29. The standard InChI is InChI=1S/C30H32N2O7/c1-17(2)39-22-10-9-20(12-18(22)3)27(33)25-26(21-13-23(36-4)29(38-6)24(14-21)37-5)32(30(35)28(25)34)16-19-8-7-11-31-15-19/h7-15,17,26,33H,16H2,1-6H3/t26-/m0/s1. The molecule has 1 aliphatic rings. The van der Waals surface area contributed by atoms with Gasteiger partial charge in [0.05, 0.1) is 39.0 Å². The molecule has 3 aromatic rings. The number of aryl methyl sites for hydroxylation is 1. The predicted octanol–water partition coefficient (Wildman–Crippen LogP) is 4.82. The van der Waals surface area contributed by atoms with Gasteiger partial charge in [0.1, 0.15) is 11.5 Å². The van der Waals surface area contributed by atoms with Crippen LogP contribution in [0.3, 0.4) is 0 Å². The summed E-state index contributed by atoms with van der Waals surface area (Å²) >= 11 is 0. The number of amides is 1. The van der Waals surface area contributed by atoms with E-state index in [0.717, 1.165) is 11.1 Å².